The molecule has 2 heterocycles. The molecule has 210 valence electrons. The maximum Gasteiger partial charge on any atom is 0.247 e. The van der Waals surface area contributed by atoms with Crippen LogP contribution in [0.5, 0.6) is 5.75 Å². The summed E-state index contributed by atoms with van der Waals surface area (Å²) < 4.78 is 33.5. The number of likely N-dealkylation sites (N-methyl/N-ethyl adjacent to an activating group) is 2. The third-order valence-corrected chi connectivity index (χ3v) is 5.94. The zero-order chi connectivity index (χ0) is 28.4. The van der Waals surface area contributed by atoms with Crippen molar-refractivity contribution in [1.29, 1.82) is 0 Å². The summed E-state index contributed by atoms with van der Waals surface area (Å²) in [7, 11) is 7.43. The molecule has 1 amide bonds. The Labute approximate surface area is 226 Å². The van der Waals surface area contributed by atoms with E-state index >= 15 is 0 Å². The van der Waals surface area contributed by atoms with Crippen molar-refractivity contribution in [2.75, 3.05) is 63.6 Å². The summed E-state index contributed by atoms with van der Waals surface area (Å²) in [6, 6.07) is 3.53. The van der Waals surface area contributed by atoms with E-state index in [1.165, 1.54) is 30.4 Å². The van der Waals surface area contributed by atoms with E-state index in [0.29, 0.717) is 54.3 Å². The number of hydrogen-bond acceptors (Lipinski definition) is 9. The second kappa shape index (κ2) is 14.1. The third kappa shape index (κ3) is 7.69. The molecule has 1 aromatic carbocycles. The maximum absolute atomic E-state index is 13.9. The predicted octanol–water partition coefficient (Wildman–Crippen LogP) is 3.83. The normalized spacial score (nSPS) is 10.9. The predicted molar refractivity (Wildman–Crippen MR) is 148 cm³/mol. The molecule has 2 N–H and O–H groups in total. The Morgan fingerprint density at radius 2 is 1.95 bits per heavy atom. The van der Waals surface area contributed by atoms with E-state index in [1.54, 1.807) is 6.07 Å². The van der Waals surface area contributed by atoms with Gasteiger partial charge in [-0.15, -0.1) is 0 Å². The fourth-order valence-electron chi connectivity index (χ4n) is 3.80. The zero-order valence-electron chi connectivity index (χ0n) is 22.7. The Kier molecular flexibility index (Phi) is 10.7. The molecule has 13 heteroatoms. The van der Waals surface area contributed by atoms with Gasteiger partial charge in [0.05, 0.1) is 48.3 Å². The van der Waals surface area contributed by atoms with Crippen molar-refractivity contribution in [2.24, 2.45) is 0 Å². The average Bonchev–Trinajstić information content (AvgIpc) is 3.35. The summed E-state index contributed by atoms with van der Waals surface area (Å²) in [5.74, 6) is 0.544. The molecule has 0 aliphatic rings. The van der Waals surface area contributed by atoms with Crippen molar-refractivity contribution < 1.29 is 18.3 Å². The molecule has 0 aliphatic carbocycles. The molecule has 0 saturated heterocycles. The standard InChI is InChI=1S/C26H35F2N9O2/c1-6-24(38)32-19-13-20(23(39-5)14-21(19)36(4)12-11-35(2)3)33-26-30-17-29-25(34-26)18-16-31-37(22(18)15-28)10-8-7-9-27/h6,13-14,16-17H,1,7-12,15H2,2-5H3,(H,32,38)(H,29,30,33,34). The maximum atomic E-state index is 13.9. The number of rotatable bonds is 15. The molecule has 3 rings (SSSR count). The monoisotopic (exact) mass is 543 g/mol. The van der Waals surface area contributed by atoms with Crippen LogP contribution in [0, 0.1) is 0 Å². The minimum atomic E-state index is -0.775. The summed E-state index contributed by atoms with van der Waals surface area (Å²) in [5.41, 5.74) is 2.51. The van der Waals surface area contributed by atoms with Crippen molar-refractivity contribution in [2.45, 2.75) is 26.1 Å². The number of nitrogens with zero attached hydrogens (tertiary/aromatic N) is 7. The highest BCUT2D eigenvalue weighted by Crippen LogP contribution is 2.38. The largest absolute Gasteiger partial charge is 0.494 e. The lowest BCUT2D eigenvalue weighted by atomic mass is 10.2. The van der Waals surface area contributed by atoms with Gasteiger partial charge in [0.2, 0.25) is 11.9 Å². The lowest BCUT2D eigenvalue weighted by Crippen LogP contribution is -2.29. The Morgan fingerprint density at radius 3 is 2.62 bits per heavy atom. The number of carbonyl (C=O) groups is 1. The van der Waals surface area contributed by atoms with Crippen molar-refractivity contribution in [3.8, 4) is 17.1 Å². The van der Waals surface area contributed by atoms with Crippen LogP contribution in [-0.4, -0.2) is 83.6 Å². The lowest BCUT2D eigenvalue weighted by molar-refractivity contribution is -0.111. The summed E-state index contributed by atoms with van der Waals surface area (Å²) in [5, 5.41) is 10.2. The molecule has 0 saturated carbocycles. The van der Waals surface area contributed by atoms with Crippen LogP contribution in [0.4, 0.5) is 31.8 Å². The van der Waals surface area contributed by atoms with E-state index in [2.05, 4.69) is 42.2 Å². The molecule has 2 aromatic heterocycles. The minimum absolute atomic E-state index is 0.183. The van der Waals surface area contributed by atoms with Gasteiger partial charge in [-0.05, 0) is 39.1 Å². The number of ether oxygens (including phenoxy) is 1. The molecule has 0 fully saturated rings. The first kappa shape index (κ1) is 29.4. The third-order valence-electron chi connectivity index (χ3n) is 5.94. The number of methoxy groups -OCH3 is 1. The van der Waals surface area contributed by atoms with E-state index < -0.39 is 13.3 Å². The summed E-state index contributed by atoms with van der Waals surface area (Å²) in [6.45, 7) is 4.23. The number of hydrogen-bond donors (Lipinski definition) is 2. The number of carbonyl (C=O) groups excluding carboxylic acids is 1. The van der Waals surface area contributed by atoms with E-state index in [1.807, 2.05) is 32.1 Å². The molecule has 0 aliphatic heterocycles. The number of anilines is 4. The molecule has 0 bridgehead atoms. The lowest BCUT2D eigenvalue weighted by Gasteiger charge is -2.25. The molecule has 0 radical (unpaired) electrons. The van der Waals surface area contributed by atoms with Gasteiger partial charge < -0.3 is 25.2 Å². The van der Waals surface area contributed by atoms with Gasteiger partial charge in [-0.2, -0.15) is 10.1 Å². The van der Waals surface area contributed by atoms with Crippen LogP contribution in [-0.2, 0) is 18.0 Å². The molecule has 3 aromatic rings. The van der Waals surface area contributed by atoms with Crippen molar-refractivity contribution in [3.05, 3.63) is 43.0 Å². The number of unbranched alkanes of at least 4 members (excludes halogenated alkanes) is 1. The molecular weight excluding hydrogens is 508 g/mol. The molecular formula is C26H35F2N9O2. The van der Waals surface area contributed by atoms with Crippen LogP contribution in [0.25, 0.3) is 11.4 Å². The SMILES string of the molecule is C=CC(=O)Nc1cc(Nc2ncnc(-c3cnn(CCCCF)c3CF)n2)c(OC)cc1N(C)CCN(C)C. The second-order valence-corrected chi connectivity index (χ2v) is 9.00. The number of benzene rings is 1. The summed E-state index contributed by atoms with van der Waals surface area (Å²) >= 11 is 0. The number of nitrogens with one attached hydrogen (secondary N) is 2. The summed E-state index contributed by atoms with van der Waals surface area (Å²) in [4.78, 5) is 29.1. The highest BCUT2D eigenvalue weighted by molar-refractivity contribution is 6.02. The van der Waals surface area contributed by atoms with Gasteiger partial charge in [-0.25, -0.2) is 14.4 Å². The number of amides is 1. The zero-order valence-corrected chi connectivity index (χ0v) is 22.7. The fraction of sp³-hybridized carbons (Fsp3) is 0.423. The van der Waals surface area contributed by atoms with Crippen LogP contribution in [0.3, 0.4) is 0 Å². The van der Waals surface area contributed by atoms with Gasteiger partial charge in [-0.1, -0.05) is 6.58 Å². The van der Waals surface area contributed by atoms with Crippen molar-refractivity contribution in [1.82, 2.24) is 29.6 Å². The molecule has 0 spiro atoms. The van der Waals surface area contributed by atoms with Crippen LogP contribution >= 0.6 is 0 Å². The summed E-state index contributed by atoms with van der Waals surface area (Å²) in [6.07, 6.45) is 4.91. The highest BCUT2D eigenvalue weighted by Gasteiger charge is 2.18. The molecule has 0 unspecified atom stereocenters. The van der Waals surface area contributed by atoms with Crippen molar-refractivity contribution >= 4 is 28.9 Å². The first-order valence-electron chi connectivity index (χ1n) is 12.5. The molecule has 39 heavy (non-hydrogen) atoms. The first-order chi connectivity index (χ1) is 18.8. The number of aryl methyl sites for hydroxylation is 1. The number of halogens is 2. The van der Waals surface area contributed by atoms with Gasteiger partial charge in [0.1, 0.15) is 18.8 Å². The Balaban J connectivity index is 1.94. The first-order valence-corrected chi connectivity index (χ1v) is 12.5. The Morgan fingerprint density at radius 1 is 1.15 bits per heavy atom. The van der Waals surface area contributed by atoms with Crippen molar-refractivity contribution in [3.63, 3.8) is 0 Å². The van der Waals surface area contributed by atoms with E-state index in [-0.39, 0.29) is 17.7 Å². The fourth-order valence-corrected chi connectivity index (χ4v) is 3.80. The second-order valence-electron chi connectivity index (χ2n) is 9.00. The number of alkyl halides is 2. The van der Waals surface area contributed by atoms with E-state index in [0.717, 1.165) is 12.2 Å². The van der Waals surface area contributed by atoms with E-state index in [9.17, 15) is 13.6 Å². The minimum Gasteiger partial charge on any atom is -0.494 e. The van der Waals surface area contributed by atoms with Gasteiger partial charge in [-0.3, -0.25) is 13.9 Å². The quantitative estimate of drug-likeness (QED) is 0.218. The smallest absolute Gasteiger partial charge is 0.247 e. The van der Waals surface area contributed by atoms with Crippen LogP contribution in [0.2, 0.25) is 0 Å². The molecule has 11 nitrogen and oxygen atoms in total. The number of aromatic nitrogens is 5. The average molecular weight is 544 g/mol. The van der Waals surface area contributed by atoms with Crippen LogP contribution < -0.4 is 20.3 Å². The van der Waals surface area contributed by atoms with Gasteiger partial charge in [0.15, 0.2) is 5.82 Å². The highest BCUT2D eigenvalue weighted by atomic mass is 19.1. The van der Waals surface area contributed by atoms with Gasteiger partial charge >= 0.3 is 0 Å². The van der Waals surface area contributed by atoms with E-state index in [4.69, 9.17) is 4.74 Å². The van der Waals surface area contributed by atoms with Gasteiger partial charge in [0.25, 0.3) is 0 Å². The molecule has 0 atom stereocenters. The Hall–Kier alpha value is -4.13. The van der Waals surface area contributed by atoms with Crippen LogP contribution in [0.1, 0.15) is 18.5 Å². The Bertz CT molecular complexity index is 1270. The van der Waals surface area contributed by atoms with Crippen LogP contribution in [0.15, 0.2) is 37.3 Å². The topological polar surface area (TPSA) is 113 Å². The van der Waals surface area contributed by atoms with Gasteiger partial charge in [0, 0.05) is 32.7 Å².